The van der Waals surface area contributed by atoms with Gasteiger partial charge in [0.15, 0.2) is 0 Å². The molecule has 1 aliphatic heterocycles. The molecule has 0 aliphatic carbocycles. The molecule has 0 spiro atoms. The summed E-state index contributed by atoms with van der Waals surface area (Å²) in [6.07, 6.45) is 3.17. The number of carbonyl (C=O) groups is 2. The highest BCUT2D eigenvalue weighted by molar-refractivity contribution is 7.99. The number of nitrogens with zero attached hydrogens (tertiary/aromatic N) is 1. The molecule has 0 saturated carbocycles. The summed E-state index contributed by atoms with van der Waals surface area (Å²) in [5, 5.41) is 2.95. The molecule has 7 heteroatoms. The van der Waals surface area contributed by atoms with Crippen LogP contribution < -0.4 is 11.1 Å². The number of nitrogen functional groups attached to an aromatic ring is 1. The highest BCUT2D eigenvalue weighted by atomic mass is 35.5. The molecule has 3 N–H and O–H groups in total. The summed E-state index contributed by atoms with van der Waals surface area (Å²) in [4.78, 5) is 26.2. The Bertz CT molecular complexity index is 539. The van der Waals surface area contributed by atoms with Crippen molar-refractivity contribution in [2.75, 3.05) is 23.9 Å². The molecule has 5 nitrogen and oxygen atoms in total. The number of thioether (sulfide) groups is 1. The fourth-order valence-electron chi connectivity index (χ4n) is 2.51. The molecular weight excluding hydrogens is 346 g/mol. The van der Waals surface area contributed by atoms with Gasteiger partial charge in [-0.15, -0.1) is 24.2 Å². The predicted octanol–water partition coefficient (Wildman–Crippen LogP) is 2.44. The smallest absolute Gasteiger partial charge is 0.243 e. The van der Waals surface area contributed by atoms with E-state index in [1.165, 1.54) is 0 Å². The van der Waals surface area contributed by atoms with Crippen molar-refractivity contribution >= 4 is 41.7 Å². The van der Waals surface area contributed by atoms with E-state index in [-0.39, 0.29) is 30.3 Å². The lowest BCUT2D eigenvalue weighted by molar-refractivity contribution is -0.138. The maximum atomic E-state index is 12.3. The van der Waals surface area contributed by atoms with Crippen LogP contribution in [0.25, 0.3) is 0 Å². The third-order valence-corrected chi connectivity index (χ3v) is 4.95. The zero-order valence-corrected chi connectivity index (χ0v) is 15.6. The lowest BCUT2D eigenvalue weighted by Gasteiger charge is -2.23. The van der Waals surface area contributed by atoms with Crippen molar-refractivity contribution in [3.63, 3.8) is 0 Å². The largest absolute Gasteiger partial charge is 0.399 e. The zero-order chi connectivity index (χ0) is 16.7. The minimum absolute atomic E-state index is 0. The van der Waals surface area contributed by atoms with Gasteiger partial charge in [-0.1, -0.05) is 25.5 Å². The molecular formula is C17H26ClN3O2S. The number of halogens is 1. The first-order chi connectivity index (χ1) is 11.1. The van der Waals surface area contributed by atoms with E-state index in [1.54, 1.807) is 16.7 Å². The highest BCUT2D eigenvalue weighted by Crippen LogP contribution is 2.22. The number of hydrogen-bond acceptors (Lipinski definition) is 4. The second-order valence-electron chi connectivity index (χ2n) is 5.77. The number of amides is 2. The number of benzene rings is 1. The number of nitrogens with one attached hydrogen (secondary N) is 1. The first-order valence-corrected chi connectivity index (χ1v) is 9.26. The molecule has 24 heavy (non-hydrogen) atoms. The second kappa shape index (κ2) is 10.5. The summed E-state index contributed by atoms with van der Waals surface area (Å²) < 4.78 is 0. The Balaban J connectivity index is 0.00000288. The first-order valence-electron chi connectivity index (χ1n) is 8.11. The van der Waals surface area contributed by atoms with Crippen molar-refractivity contribution in [3.05, 3.63) is 29.8 Å². The van der Waals surface area contributed by atoms with E-state index in [0.29, 0.717) is 24.6 Å². The van der Waals surface area contributed by atoms with Gasteiger partial charge in [-0.3, -0.25) is 9.59 Å². The number of unbranched alkanes of at least 4 members (excludes halogenated alkanes) is 1. The molecule has 1 aromatic carbocycles. The molecule has 134 valence electrons. The molecule has 0 aromatic heterocycles. The second-order valence-corrected chi connectivity index (χ2v) is 6.77. The van der Waals surface area contributed by atoms with Crippen LogP contribution in [0.1, 0.15) is 31.7 Å². The maximum absolute atomic E-state index is 12.3. The number of anilines is 1. The number of nitrogens with two attached hydrogens (primary N) is 1. The molecule has 1 unspecified atom stereocenters. The molecule has 0 radical (unpaired) electrons. The average Bonchev–Trinajstić information content (AvgIpc) is 3.04. The monoisotopic (exact) mass is 371 g/mol. The lowest BCUT2D eigenvalue weighted by atomic mass is 10.1. The van der Waals surface area contributed by atoms with Gasteiger partial charge in [-0.25, -0.2) is 0 Å². The van der Waals surface area contributed by atoms with Gasteiger partial charge in [0.2, 0.25) is 11.8 Å². The van der Waals surface area contributed by atoms with Gasteiger partial charge >= 0.3 is 0 Å². The molecule has 1 aromatic rings. The number of rotatable bonds is 7. The SMILES string of the molecule is CCCCC(=O)N1CSCC1C(=O)NCCc1ccc(N)cc1.Cl. The van der Waals surface area contributed by atoms with E-state index in [2.05, 4.69) is 12.2 Å². The third kappa shape index (κ3) is 5.91. The fraction of sp³-hybridized carbons (Fsp3) is 0.529. The van der Waals surface area contributed by atoms with Gasteiger partial charge in [0.25, 0.3) is 0 Å². The molecule has 1 aliphatic rings. The quantitative estimate of drug-likeness (QED) is 0.722. The van der Waals surface area contributed by atoms with Crippen molar-refractivity contribution in [1.82, 2.24) is 10.2 Å². The van der Waals surface area contributed by atoms with E-state index in [0.717, 1.165) is 30.5 Å². The van der Waals surface area contributed by atoms with Crippen LogP contribution in [-0.4, -0.2) is 40.9 Å². The van der Waals surface area contributed by atoms with Crippen LogP contribution in [0, 0.1) is 0 Å². The van der Waals surface area contributed by atoms with Crippen LogP contribution in [0.2, 0.25) is 0 Å². The van der Waals surface area contributed by atoms with Crippen LogP contribution in [0.15, 0.2) is 24.3 Å². The molecule has 0 bridgehead atoms. The normalized spacial score (nSPS) is 16.5. The van der Waals surface area contributed by atoms with Crippen molar-refractivity contribution < 1.29 is 9.59 Å². The van der Waals surface area contributed by atoms with E-state index < -0.39 is 0 Å². The van der Waals surface area contributed by atoms with Gasteiger partial charge < -0.3 is 16.0 Å². The van der Waals surface area contributed by atoms with E-state index in [4.69, 9.17) is 5.73 Å². The Kier molecular flexibility index (Phi) is 9.00. The van der Waals surface area contributed by atoms with Crippen LogP contribution in [0.4, 0.5) is 5.69 Å². The highest BCUT2D eigenvalue weighted by Gasteiger charge is 2.33. The van der Waals surface area contributed by atoms with Crippen LogP contribution in [0.5, 0.6) is 0 Å². The topological polar surface area (TPSA) is 75.4 Å². The van der Waals surface area contributed by atoms with Gasteiger partial charge in [0, 0.05) is 24.4 Å². The van der Waals surface area contributed by atoms with Gasteiger partial charge in [0.05, 0.1) is 5.88 Å². The molecule has 1 atom stereocenters. The summed E-state index contributed by atoms with van der Waals surface area (Å²) in [5.41, 5.74) is 7.53. The van der Waals surface area contributed by atoms with Gasteiger partial charge in [-0.2, -0.15) is 0 Å². The minimum atomic E-state index is -0.323. The predicted molar refractivity (Wildman–Crippen MR) is 102 cm³/mol. The zero-order valence-electron chi connectivity index (χ0n) is 14.0. The first kappa shape index (κ1) is 20.6. The van der Waals surface area contributed by atoms with Crippen molar-refractivity contribution in [2.24, 2.45) is 0 Å². The van der Waals surface area contributed by atoms with E-state index in [1.807, 2.05) is 24.3 Å². The molecule has 1 fully saturated rings. The molecule has 1 saturated heterocycles. The maximum Gasteiger partial charge on any atom is 0.243 e. The Hall–Kier alpha value is -1.40. The molecule has 2 rings (SSSR count). The summed E-state index contributed by atoms with van der Waals surface area (Å²) in [7, 11) is 0. The number of hydrogen-bond donors (Lipinski definition) is 2. The van der Waals surface area contributed by atoms with E-state index in [9.17, 15) is 9.59 Å². The molecule has 2 amide bonds. The van der Waals surface area contributed by atoms with Crippen molar-refractivity contribution in [3.8, 4) is 0 Å². The standard InChI is InChI=1S/C17H25N3O2S.ClH/c1-2-3-4-16(21)20-12-23-11-15(20)17(22)19-10-9-13-5-7-14(18)8-6-13;/h5-8,15H,2-4,9-12,18H2,1H3,(H,19,22);1H. The van der Waals surface area contributed by atoms with E-state index >= 15 is 0 Å². The average molecular weight is 372 g/mol. The third-order valence-electron chi connectivity index (χ3n) is 3.94. The van der Waals surface area contributed by atoms with Crippen molar-refractivity contribution in [1.29, 1.82) is 0 Å². The Morgan fingerprint density at radius 2 is 2.04 bits per heavy atom. The summed E-state index contributed by atoms with van der Waals surface area (Å²) >= 11 is 1.64. The summed E-state index contributed by atoms with van der Waals surface area (Å²) in [6, 6.07) is 7.33. The van der Waals surface area contributed by atoms with Crippen LogP contribution in [0.3, 0.4) is 0 Å². The van der Waals surface area contributed by atoms with Gasteiger partial charge in [0.1, 0.15) is 6.04 Å². The Labute approximate surface area is 154 Å². The Morgan fingerprint density at radius 1 is 1.33 bits per heavy atom. The van der Waals surface area contributed by atoms with Gasteiger partial charge in [-0.05, 0) is 30.5 Å². The fourth-order valence-corrected chi connectivity index (χ4v) is 3.69. The van der Waals surface area contributed by atoms with Crippen LogP contribution in [-0.2, 0) is 16.0 Å². The van der Waals surface area contributed by atoms with Crippen molar-refractivity contribution in [2.45, 2.75) is 38.6 Å². The number of carbonyl (C=O) groups excluding carboxylic acids is 2. The molecule has 1 heterocycles. The minimum Gasteiger partial charge on any atom is -0.399 e. The Morgan fingerprint density at radius 3 is 2.71 bits per heavy atom. The summed E-state index contributed by atoms with van der Waals surface area (Å²) in [5.74, 6) is 1.36. The lowest BCUT2D eigenvalue weighted by Crippen LogP contribution is -2.47. The van der Waals surface area contributed by atoms with Crippen LogP contribution >= 0.6 is 24.2 Å². The summed E-state index contributed by atoms with van der Waals surface area (Å²) in [6.45, 7) is 2.63.